The zero-order valence-corrected chi connectivity index (χ0v) is 12.5. The van der Waals surface area contributed by atoms with Crippen LogP contribution in [0.5, 0.6) is 0 Å². The van der Waals surface area contributed by atoms with Crippen molar-refractivity contribution in [2.24, 2.45) is 0 Å². The van der Waals surface area contributed by atoms with Crippen LogP contribution in [0.4, 0.5) is 0 Å². The largest absolute Gasteiger partial charge is 0.391 e. The van der Waals surface area contributed by atoms with Gasteiger partial charge in [0.2, 0.25) is 0 Å². The van der Waals surface area contributed by atoms with Gasteiger partial charge in [0.25, 0.3) is 5.91 Å². The molecule has 1 rings (SSSR count). The molecule has 0 fully saturated rings. The van der Waals surface area contributed by atoms with Gasteiger partial charge in [-0.05, 0) is 34.8 Å². The third-order valence-electron chi connectivity index (χ3n) is 2.68. The van der Waals surface area contributed by atoms with Crippen molar-refractivity contribution in [2.45, 2.75) is 45.8 Å². The van der Waals surface area contributed by atoms with Gasteiger partial charge in [0, 0.05) is 23.8 Å². The van der Waals surface area contributed by atoms with E-state index in [9.17, 15) is 9.90 Å². The van der Waals surface area contributed by atoms with E-state index in [-0.39, 0.29) is 5.91 Å². The van der Waals surface area contributed by atoms with Crippen LogP contribution >= 0.6 is 15.9 Å². The summed E-state index contributed by atoms with van der Waals surface area (Å²) in [5, 5.41) is 12.4. The smallest absolute Gasteiger partial charge is 0.268 e. The number of carbonyl (C=O) groups is 1. The van der Waals surface area contributed by atoms with Crippen molar-refractivity contribution in [1.29, 1.82) is 0 Å². The Hall–Kier alpha value is -0.810. The second-order valence-corrected chi connectivity index (χ2v) is 5.31. The number of amides is 1. The first-order valence-corrected chi connectivity index (χ1v) is 7.19. The molecule has 0 saturated carbocycles. The van der Waals surface area contributed by atoms with Gasteiger partial charge >= 0.3 is 0 Å². The topological polar surface area (TPSA) is 54.3 Å². The van der Waals surface area contributed by atoms with Gasteiger partial charge in [-0.15, -0.1) is 0 Å². The normalized spacial score (nSPS) is 12.4. The summed E-state index contributed by atoms with van der Waals surface area (Å²) >= 11 is 3.38. The summed E-state index contributed by atoms with van der Waals surface area (Å²) in [6.07, 6.45) is 4.03. The molecule has 0 radical (unpaired) electrons. The number of aromatic nitrogens is 1. The molecule has 0 aliphatic carbocycles. The first-order chi connectivity index (χ1) is 8.58. The van der Waals surface area contributed by atoms with Crippen molar-refractivity contribution < 1.29 is 9.90 Å². The third kappa shape index (κ3) is 4.46. The van der Waals surface area contributed by atoms with Gasteiger partial charge in [-0.25, -0.2) is 0 Å². The number of hydrogen-bond donors (Lipinski definition) is 2. The molecule has 1 unspecified atom stereocenters. The molecule has 1 aromatic heterocycles. The molecule has 102 valence electrons. The minimum Gasteiger partial charge on any atom is -0.391 e. The number of rotatable bonds is 7. The molecule has 5 heteroatoms. The lowest BCUT2D eigenvalue weighted by Crippen LogP contribution is -2.33. The third-order valence-corrected chi connectivity index (χ3v) is 3.11. The van der Waals surface area contributed by atoms with Gasteiger partial charge in [0.1, 0.15) is 5.69 Å². The van der Waals surface area contributed by atoms with Crippen LogP contribution in [0.3, 0.4) is 0 Å². The first kappa shape index (κ1) is 15.2. The highest BCUT2D eigenvalue weighted by molar-refractivity contribution is 9.10. The Morgan fingerprint density at radius 3 is 2.83 bits per heavy atom. The number of aryl methyl sites for hydroxylation is 1. The van der Waals surface area contributed by atoms with Crippen LogP contribution in [0.15, 0.2) is 16.7 Å². The molecule has 0 aliphatic rings. The molecule has 1 aromatic rings. The molecule has 0 saturated heterocycles. The average molecular weight is 317 g/mol. The van der Waals surface area contributed by atoms with Crippen LogP contribution in [0, 0.1) is 0 Å². The number of hydrogen-bond acceptors (Lipinski definition) is 2. The molecule has 0 aromatic carbocycles. The molecular weight excluding hydrogens is 296 g/mol. The highest BCUT2D eigenvalue weighted by atomic mass is 79.9. The monoisotopic (exact) mass is 316 g/mol. The number of halogens is 1. The SMILES string of the molecule is CCCC(O)CNC(=O)c1cc(Br)cn1CCC. The number of aliphatic hydroxyl groups is 1. The molecule has 1 heterocycles. The molecule has 1 atom stereocenters. The second-order valence-electron chi connectivity index (χ2n) is 4.39. The summed E-state index contributed by atoms with van der Waals surface area (Å²) < 4.78 is 2.82. The van der Waals surface area contributed by atoms with Crippen molar-refractivity contribution >= 4 is 21.8 Å². The zero-order valence-electron chi connectivity index (χ0n) is 10.9. The predicted octanol–water partition coefficient (Wildman–Crippen LogP) is 2.55. The molecule has 0 aliphatic heterocycles. The fourth-order valence-electron chi connectivity index (χ4n) is 1.83. The number of carbonyl (C=O) groups excluding carboxylic acids is 1. The Bertz CT molecular complexity index is 390. The van der Waals surface area contributed by atoms with E-state index in [4.69, 9.17) is 0 Å². The maximum absolute atomic E-state index is 12.0. The minimum absolute atomic E-state index is 0.135. The highest BCUT2D eigenvalue weighted by Gasteiger charge is 2.13. The lowest BCUT2D eigenvalue weighted by Gasteiger charge is -2.12. The maximum atomic E-state index is 12.0. The summed E-state index contributed by atoms with van der Waals surface area (Å²) in [6.45, 7) is 5.20. The fraction of sp³-hybridized carbons (Fsp3) is 0.615. The van der Waals surface area contributed by atoms with Crippen LogP contribution in [0.1, 0.15) is 43.6 Å². The Labute approximate surface area is 117 Å². The number of aliphatic hydroxyl groups excluding tert-OH is 1. The van der Waals surface area contributed by atoms with Crippen LogP contribution in [0.2, 0.25) is 0 Å². The van der Waals surface area contributed by atoms with E-state index in [1.807, 2.05) is 17.7 Å². The molecule has 1 amide bonds. The van der Waals surface area contributed by atoms with Gasteiger partial charge in [0.05, 0.1) is 6.10 Å². The summed E-state index contributed by atoms with van der Waals surface area (Å²) in [6, 6.07) is 1.80. The standard InChI is InChI=1S/C13H21BrN2O2/c1-3-5-11(17)8-15-13(18)12-7-10(14)9-16(12)6-4-2/h7,9,11,17H,3-6,8H2,1-2H3,(H,15,18). The van der Waals surface area contributed by atoms with E-state index < -0.39 is 6.10 Å². The van der Waals surface area contributed by atoms with Crippen LogP contribution in [-0.2, 0) is 6.54 Å². The summed E-state index contributed by atoms with van der Waals surface area (Å²) in [5.74, 6) is -0.135. The second kappa shape index (κ2) is 7.59. The molecule has 18 heavy (non-hydrogen) atoms. The molecular formula is C13H21BrN2O2. The Balaban J connectivity index is 2.60. The Morgan fingerprint density at radius 2 is 2.22 bits per heavy atom. The van der Waals surface area contributed by atoms with Crippen molar-refractivity contribution in [3.05, 3.63) is 22.4 Å². The van der Waals surface area contributed by atoms with E-state index >= 15 is 0 Å². The van der Waals surface area contributed by atoms with Gasteiger partial charge in [-0.1, -0.05) is 20.3 Å². The molecule has 4 nitrogen and oxygen atoms in total. The van der Waals surface area contributed by atoms with Crippen molar-refractivity contribution in [3.63, 3.8) is 0 Å². The predicted molar refractivity (Wildman–Crippen MR) is 75.7 cm³/mol. The quantitative estimate of drug-likeness (QED) is 0.812. The first-order valence-electron chi connectivity index (χ1n) is 6.40. The average Bonchev–Trinajstić information content (AvgIpc) is 2.68. The van der Waals surface area contributed by atoms with Gasteiger partial charge in [0.15, 0.2) is 0 Å². The fourth-order valence-corrected chi connectivity index (χ4v) is 2.29. The van der Waals surface area contributed by atoms with E-state index in [0.717, 1.165) is 23.9 Å². The van der Waals surface area contributed by atoms with Crippen LogP contribution in [-0.4, -0.2) is 28.2 Å². The van der Waals surface area contributed by atoms with Crippen LogP contribution < -0.4 is 5.32 Å². The van der Waals surface area contributed by atoms with Crippen molar-refractivity contribution in [2.75, 3.05) is 6.54 Å². The lowest BCUT2D eigenvalue weighted by atomic mass is 10.2. The van der Waals surface area contributed by atoms with E-state index in [1.165, 1.54) is 0 Å². The van der Waals surface area contributed by atoms with Gasteiger partial charge < -0.3 is 15.0 Å². The van der Waals surface area contributed by atoms with E-state index in [0.29, 0.717) is 18.7 Å². The molecule has 2 N–H and O–H groups in total. The van der Waals surface area contributed by atoms with Gasteiger partial charge in [-0.2, -0.15) is 0 Å². The maximum Gasteiger partial charge on any atom is 0.268 e. The molecule has 0 spiro atoms. The van der Waals surface area contributed by atoms with E-state index in [1.54, 1.807) is 6.07 Å². The number of nitrogens with zero attached hydrogens (tertiary/aromatic N) is 1. The minimum atomic E-state index is -0.461. The Morgan fingerprint density at radius 1 is 1.50 bits per heavy atom. The zero-order chi connectivity index (χ0) is 13.5. The van der Waals surface area contributed by atoms with Crippen LogP contribution in [0.25, 0.3) is 0 Å². The lowest BCUT2D eigenvalue weighted by molar-refractivity contribution is 0.0901. The van der Waals surface area contributed by atoms with Gasteiger partial charge in [-0.3, -0.25) is 4.79 Å². The van der Waals surface area contributed by atoms with E-state index in [2.05, 4.69) is 28.2 Å². The van der Waals surface area contributed by atoms with Crippen molar-refractivity contribution in [1.82, 2.24) is 9.88 Å². The van der Waals surface area contributed by atoms with Crippen molar-refractivity contribution in [3.8, 4) is 0 Å². The summed E-state index contributed by atoms with van der Waals surface area (Å²) in [7, 11) is 0. The molecule has 0 bridgehead atoms. The highest BCUT2D eigenvalue weighted by Crippen LogP contribution is 2.15. The number of nitrogens with one attached hydrogen (secondary N) is 1. The summed E-state index contributed by atoms with van der Waals surface area (Å²) in [5.41, 5.74) is 0.632. The summed E-state index contributed by atoms with van der Waals surface area (Å²) in [4.78, 5) is 12.0. The Kier molecular flexibility index (Phi) is 6.43.